The number of aryl methyl sites for hydroxylation is 1. The molecule has 1 heteroatoms. The first-order chi connectivity index (χ1) is 7.43. The van der Waals surface area contributed by atoms with Gasteiger partial charge in [0.2, 0.25) is 0 Å². The van der Waals surface area contributed by atoms with Gasteiger partial charge in [-0.05, 0) is 18.4 Å². The van der Waals surface area contributed by atoms with Gasteiger partial charge in [0.15, 0.2) is 0 Å². The second kappa shape index (κ2) is 11.7. The molecule has 0 heterocycles. The Hall–Kier alpha value is 0.220. The molecule has 0 amide bonds. The van der Waals surface area contributed by atoms with Gasteiger partial charge in [-0.2, -0.15) is 0 Å². The molecule has 0 aliphatic rings. The summed E-state index contributed by atoms with van der Waals surface area (Å²) in [6.45, 7) is 2.27. The fourth-order valence-electron chi connectivity index (χ4n) is 1.93. The fourth-order valence-corrected chi connectivity index (χ4v) is 1.93. The molecule has 16 heavy (non-hydrogen) atoms. The van der Waals surface area contributed by atoms with Gasteiger partial charge in [-0.25, -0.2) is 0 Å². The molecule has 0 fully saturated rings. The minimum absolute atomic E-state index is 0. The third-order valence-electron chi connectivity index (χ3n) is 2.91. The fraction of sp³-hybridized carbons (Fsp3) is 0.600. The minimum Gasteiger partial charge on any atom is -0.0654 e. The summed E-state index contributed by atoms with van der Waals surface area (Å²) < 4.78 is 0. The van der Waals surface area contributed by atoms with Gasteiger partial charge >= 0.3 is 29.6 Å². The molecule has 0 bridgehead atoms. The number of unbranched alkanes of at least 4 members (excludes halogenated alkanes) is 6. The quantitative estimate of drug-likeness (QED) is 0.470. The molecule has 0 saturated heterocycles. The third kappa shape index (κ3) is 8.38. The van der Waals surface area contributed by atoms with Crippen LogP contribution in [0.25, 0.3) is 0 Å². The summed E-state index contributed by atoms with van der Waals surface area (Å²) >= 11 is 0. The van der Waals surface area contributed by atoms with E-state index in [0.717, 1.165) is 0 Å². The molecule has 0 N–H and O–H groups in total. The van der Waals surface area contributed by atoms with Gasteiger partial charge in [0.05, 0.1) is 0 Å². The molecule has 1 rings (SSSR count). The van der Waals surface area contributed by atoms with Crippen molar-refractivity contribution in [3.8, 4) is 0 Å². The Labute approximate surface area is 123 Å². The van der Waals surface area contributed by atoms with Crippen LogP contribution in [0.4, 0.5) is 0 Å². The summed E-state index contributed by atoms with van der Waals surface area (Å²) in [5, 5.41) is 0. The van der Waals surface area contributed by atoms with Crippen LogP contribution in [0.3, 0.4) is 0 Å². The van der Waals surface area contributed by atoms with Crippen LogP contribution in [0.1, 0.15) is 57.4 Å². The number of hydrogen-bond acceptors (Lipinski definition) is 0. The van der Waals surface area contributed by atoms with Crippen molar-refractivity contribution in [1.29, 1.82) is 0 Å². The molecule has 0 aliphatic heterocycles. The summed E-state index contributed by atoms with van der Waals surface area (Å²) in [6, 6.07) is 10.8. The van der Waals surface area contributed by atoms with Crippen LogP contribution in [0, 0.1) is 0 Å². The summed E-state index contributed by atoms with van der Waals surface area (Å²) in [7, 11) is 0. The molecule has 84 valence electrons. The van der Waals surface area contributed by atoms with Crippen molar-refractivity contribution in [2.75, 3.05) is 0 Å². The van der Waals surface area contributed by atoms with E-state index in [9.17, 15) is 0 Å². The van der Waals surface area contributed by atoms with E-state index in [2.05, 4.69) is 37.3 Å². The van der Waals surface area contributed by atoms with Crippen molar-refractivity contribution in [3.05, 3.63) is 35.9 Å². The van der Waals surface area contributed by atoms with Crippen LogP contribution in [-0.4, -0.2) is 0 Å². The molecule has 0 atom stereocenters. The SMILES string of the molecule is CCCCCCCCCc1ccccc1.[Na+]. The van der Waals surface area contributed by atoms with Crippen LogP contribution >= 0.6 is 0 Å². The maximum atomic E-state index is 2.27. The van der Waals surface area contributed by atoms with Crippen LogP contribution < -0.4 is 29.6 Å². The zero-order chi connectivity index (χ0) is 10.8. The molecular formula is C15H24Na+. The number of rotatable bonds is 8. The molecule has 0 radical (unpaired) electrons. The van der Waals surface area contributed by atoms with Gasteiger partial charge in [-0.15, -0.1) is 0 Å². The van der Waals surface area contributed by atoms with Gasteiger partial charge in [0.25, 0.3) is 0 Å². The number of benzene rings is 1. The van der Waals surface area contributed by atoms with E-state index < -0.39 is 0 Å². The monoisotopic (exact) mass is 227 g/mol. The van der Waals surface area contributed by atoms with Crippen molar-refractivity contribution in [1.82, 2.24) is 0 Å². The molecule has 0 unspecified atom stereocenters. The van der Waals surface area contributed by atoms with Crippen molar-refractivity contribution in [2.24, 2.45) is 0 Å². The topological polar surface area (TPSA) is 0 Å². The molecule has 0 nitrogen and oxygen atoms in total. The zero-order valence-electron chi connectivity index (χ0n) is 11.0. The van der Waals surface area contributed by atoms with Gasteiger partial charge in [-0.3, -0.25) is 0 Å². The summed E-state index contributed by atoms with van der Waals surface area (Å²) in [6.07, 6.45) is 11.1. The van der Waals surface area contributed by atoms with Crippen molar-refractivity contribution in [2.45, 2.75) is 58.3 Å². The first-order valence-corrected chi connectivity index (χ1v) is 6.47. The minimum atomic E-state index is 0. The second-order valence-electron chi connectivity index (χ2n) is 4.36. The standard InChI is InChI=1S/C15H24.Na/c1-2-3-4-5-6-7-9-12-15-13-10-8-11-14-15;/h8,10-11,13-14H,2-7,9,12H2,1H3;/q;+1. The second-order valence-corrected chi connectivity index (χ2v) is 4.36. The molecule has 0 aromatic heterocycles. The number of hydrogen-bond donors (Lipinski definition) is 0. The normalized spacial score (nSPS) is 9.81. The first-order valence-electron chi connectivity index (χ1n) is 6.47. The predicted molar refractivity (Wildman–Crippen MR) is 68.1 cm³/mol. The summed E-state index contributed by atoms with van der Waals surface area (Å²) in [5.74, 6) is 0. The molecule has 0 saturated carbocycles. The Morgan fingerprint density at radius 3 is 1.94 bits per heavy atom. The van der Waals surface area contributed by atoms with Gasteiger partial charge in [0.1, 0.15) is 0 Å². The maximum Gasteiger partial charge on any atom is 1.00 e. The van der Waals surface area contributed by atoms with E-state index in [1.807, 2.05) is 0 Å². The Balaban J connectivity index is 0.00000225. The van der Waals surface area contributed by atoms with Gasteiger partial charge in [0, 0.05) is 0 Å². The molecule has 1 aromatic carbocycles. The first kappa shape index (κ1) is 16.2. The van der Waals surface area contributed by atoms with Gasteiger partial charge < -0.3 is 0 Å². The van der Waals surface area contributed by atoms with Crippen LogP contribution in [0.2, 0.25) is 0 Å². The van der Waals surface area contributed by atoms with E-state index in [0.29, 0.717) is 0 Å². The maximum absolute atomic E-state index is 2.27. The smallest absolute Gasteiger partial charge is 0.0654 e. The van der Waals surface area contributed by atoms with E-state index in [4.69, 9.17) is 0 Å². The third-order valence-corrected chi connectivity index (χ3v) is 2.91. The van der Waals surface area contributed by atoms with E-state index >= 15 is 0 Å². The molecule has 1 aromatic rings. The Bertz CT molecular complexity index is 230. The average molecular weight is 227 g/mol. The summed E-state index contributed by atoms with van der Waals surface area (Å²) in [5.41, 5.74) is 1.49. The Morgan fingerprint density at radius 2 is 1.31 bits per heavy atom. The average Bonchev–Trinajstić information content (AvgIpc) is 2.29. The Kier molecular flexibility index (Phi) is 11.9. The van der Waals surface area contributed by atoms with E-state index in [1.165, 1.54) is 56.9 Å². The zero-order valence-corrected chi connectivity index (χ0v) is 13.0. The predicted octanol–water partition coefficient (Wildman–Crippen LogP) is 1.98. The molecular weight excluding hydrogens is 203 g/mol. The van der Waals surface area contributed by atoms with E-state index in [-0.39, 0.29) is 29.6 Å². The summed E-state index contributed by atoms with van der Waals surface area (Å²) in [4.78, 5) is 0. The van der Waals surface area contributed by atoms with Gasteiger partial charge in [-0.1, -0.05) is 75.8 Å². The van der Waals surface area contributed by atoms with Crippen LogP contribution in [0.5, 0.6) is 0 Å². The molecule has 0 aliphatic carbocycles. The van der Waals surface area contributed by atoms with Crippen LogP contribution in [0.15, 0.2) is 30.3 Å². The van der Waals surface area contributed by atoms with Crippen molar-refractivity contribution >= 4 is 0 Å². The van der Waals surface area contributed by atoms with Crippen molar-refractivity contribution < 1.29 is 29.6 Å². The van der Waals surface area contributed by atoms with Crippen molar-refractivity contribution in [3.63, 3.8) is 0 Å². The van der Waals surface area contributed by atoms with Crippen LogP contribution in [-0.2, 0) is 6.42 Å². The largest absolute Gasteiger partial charge is 1.00 e. The van der Waals surface area contributed by atoms with E-state index in [1.54, 1.807) is 0 Å². The molecule has 0 spiro atoms. The Morgan fingerprint density at radius 1 is 0.750 bits per heavy atom.